The molecule has 2 aromatic carbocycles. The zero-order valence-electron chi connectivity index (χ0n) is 15.0. The first kappa shape index (κ1) is 18.6. The molecular formula is C21H16ClN4O3+. The molecule has 4 rings (SSSR count). The van der Waals surface area contributed by atoms with Crippen molar-refractivity contribution in [3.8, 4) is 5.75 Å². The van der Waals surface area contributed by atoms with E-state index in [1.165, 1.54) is 12.1 Å². The number of benzene rings is 2. The Hall–Kier alpha value is -3.71. The van der Waals surface area contributed by atoms with Gasteiger partial charge in [0.1, 0.15) is 17.3 Å². The van der Waals surface area contributed by atoms with Gasteiger partial charge in [-0.05, 0) is 36.4 Å². The summed E-state index contributed by atoms with van der Waals surface area (Å²) >= 11 is 6.46. The number of rotatable bonds is 5. The van der Waals surface area contributed by atoms with E-state index in [-0.39, 0.29) is 11.4 Å². The molecule has 0 fully saturated rings. The van der Waals surface area contributed by atoms with Crippen LogP contribution in [-0.2, 0) is 0 Å². The largest absolute Gasteiger partial charge is 0.505 e. The summed E-state index contributed by atoms with van der Waals surface area (Å²) in [6, 6.07) is 16.4. The number of aromatic nitrogens is 2. The Morgan fingerprint density at radius 1 is 1.14 bits per heavy atom. The molecular weight excluding hydrogens is 392 g/mol. The molecule has 0 amide bonds. The van der Waals surface area contributed by atoms with Gasteiger partial charge in [-0.1, -0.05) is 17.7 Å². The molecule has 0 aliphatic heterocycles. The van der Waals surface area contributed by atoms with Gasteiger partial charge in [-0.3, -0.25) is 20.4 Å². The Balaban J connectivity index is 1.87. The van der Waals surface area contributed by atoms with Crippen molar-refractivity contribution in [1.29, 1.82) is 0 Å². The van der Waals surface area contributed by atoms with Gasteiger partial charge in [0.15, 0.2) is 0 Å². The maximum Gasteiger partial charge on any atom is 0.272 e. The van der Waals surface area contributed by atoms with E-state index < -0.39 is 11.0 Å². The minimum Gasteiger partial charge on any atom is -0.505 e. The molecule has 144 valence electrons. The molecule has 8 heteroatoms. The van der Waals surface area contributed by atoms with E-state index in [1.807, 2.05) is 18.2 Å². The number of halogens is 1. The van der Waals surface area contributed by atoms with Crippen LogP contribution in [0.4, 0.5) is 11.5 Å². The van der Waals surface area contributed by atoms with Crippen molar-refractivity contribution in [3.05, 3.63) is 99.3 Å². The van der Waals surface area contributed by atoms with Crippen LogP contribution in [0.3, 0.4) is 0 Å². The fourth-order valence-corrected chi connectivity index (χ4v) is 3.46. The highest BCUT2D eigenvalue weighted by Gasteiger charge is 2.26. The van der Waals surface area contributed by atoms with Crippen LogP contribution in [0.2, 0.25) is 5.02 Å². The van der Waals surface area contributed by atoms with Gasteiger partial charge in [-0.2, -0.15) is 0 Å². The fourth-order valence-electron chi connectivity index (χ4n) is 3.19. The normalized spacial score (nSPS) is 11.9. The van der Waals surface area contributed by atoms with E-state index in [2.05, 4.69) is 15.3 Å². The van der Waals surface area contributed by atoms with E-state index in [4.69, 9.17) is 11.6 Å². The van der Waals surface area contributed by atoms with Crippen LogP contribution in [0.15, 0.2) is 73.1 Å². The number of aromatic amines is 1. The zero-order chi connectivity index (χ0) is 20.4. The van der Waals surface area contributed by atoms with Gasteiger partial charge in [-0.15, -0.1) is 0 Å². The first-order valence-corrected chi connectivity index (χ1v) is 9.16. The highest BCUT2D eigenvalue weighted by atomic mass is 35.5. The van der Waals surface area contributed by atoms with Gasteiger partial charge in [0.05, 0.1) is 16.1 Å². The van der Waals surface area contributed by atoms with Crippen molar-refractivity contribution in [2.75, 3.05) is 5.32 Å². The van der Waals surface area contributed by atoms with Crippen molar-refractivity contribution in [2.24, 2.45) is 0 Å². The molecule has 0 aliphatic rings. The number of anilines is 1. The second kappa shape index (κ2) is 7.73. The number of nitro groups is 1. The predicted octanol–water partition coefficient (Wildman–Crippen LogP) is 4.52. The number of phenols is 1. The number of nitrogens with zero attached hydrogens (tertiary/aromatic N) is 2. The van der Waals surface area contributed by atoms with Crippen LogP contribution in [0.25, 0.3) is 10.9 Å². The molecule has 0 saturated heterocycles. The molecule has 0 saturated carbocycles. The molecule has 2 heterocycles. The number of hydrogen-bond donors (Lipinski definition) is 2. The van der Waals surface area contributed by atoms with E-state index in [9.17, 15) is 15.2 Å². The smallest absolute Gasteiger partial charge is 0.272 e. The van der Waals surface area contributed by atoms with Gasteiger partial charge in [0, 0.05) is 40.9 Å². The number of H-pyrrole nitrogens is 1. The van der Waals surface area contributed by atoms with Gasteiger partial charge in [0.25, 0.3) is 11.5 Å². The minimum atomic E-state index is -0.529. The van der Waals surface area contributed by atoms with E-state index >= 15 is 0 Å². The van der Waals surface area contributed by atoms with Gasteiger partial charge in [0.2, 0.25) is 0 Å². The second-order valence-electron chi connectivity index (χ2n) is 6.40. The predicted molar refractivity (Wildman–Crippen MR) is 110 cm³/mol. The number of fused-ring (bicyclic) bond motifs is 1. The third-order valence-corrected chi connectivity index (χ3v) is 4.91. The highest BCUT2D eigenvalue weighted by molar-refractivity contribution is 6.35. The third kappa shape index (κ3) is 3.68. The maximum atomic E-state index is 11.0. The van der Waals surface area contributed by atoms with Crippen LogP contribution in [0.5, 0.6) is 5.75 Å². The molecule has 4 aromatic rings. The Bertz CT molecular complexity index is 1180. The zero-order valence-corrected chi connectivity index (χ0v) is 15.8. The summed E-state index contributed by atoms with van der Waals surface area (Å²) in [6.45, 7) is 0. The van der Waals surface area contributed by atoms with E-state index in [1.54, 1.807) is 42.7 Å². The highest BCUT2D eigenvalue weighted by Crippen LogP contribution is 2.39. The number of hydrogen-bond acceptors (Lipinski definition) is 5. The van der Waals surface area contributed by atoms with Crippen molar-refractivity contribution in [1.82, 2.24) is 4.98 Å². The lowest BCUT2D eigenvalue weighted by Crippen LogP contribution is -2.19. The summed E-state index contributed by atoms with van der Waals surface area (Å²) in [4.78, 5) is 17.9. The number of nitro benzene ring substituents is 1. The molecule has 0 aliphatic carbocycles. The van der Waals surface area contributed by atoms with Crippen LogP contribution in [0, 0.1) is 10.1 Å². The van der Waals surface area contributed by atoms with E-state index in [0.29, 0.717) is 27.3 Å². The monoisotopic (exact) mass is 407 g/mol. The summed E-state index contributed by atoms with van der Waals surface area (Å²) in [5, 5.41) is 26.4. The van der Waals surface area contributed by atoms with E-state index in [0.717, 1.165) is 5.56 Å². The summed E-state index contributed by atoms with van der Waals surface area (Å²) in [5.74, 6) is 0.698. The number of pyridine rings is 2. The average Bonchev–Trinajstić information content (AvgIpc) is 2.76. The molecule has 0 radical (unpaired) electrons. The van der Waals surface area contributed by atoms with Crippen LogP contribution < -0.4 is 10.3 Å². The minimum absolute atomic E-state index is 0.00298. The van der Waals surface area contributed by atoms with Gasteiger partial charge in [-0.25, -0.2) is 4.98 Å². The first-order valence-electron chi connectivity index (χ1n) is 8.78. The Morgan fingerprint density at radius 3 is 2.62 bits per heavy atom. The van der Waals surface area contributed by atoms with Crippen molar-refractivity contribution in [3.63, 3.8) is 0 Å². The Morgan fingerprint density at radius 2 is 1.93 bits per heavy atom. The summed E-state index contributed by atoms with van der Waals surface area (Å²) < 4.78 is 0. The molecule has 0 bridgehead atoms. The molecule has 1 atom stereocenters. The lowest BCUT2D eigenvalue weighted by Gasteiger charge is -2.18. The lowest BCUT2D eigenvalue weighted by molar-refractivity contribution is -0.384. The number of nitrogens with one attached hydrogen (secondary N) is 2. The van der Waals surface area contributed by atoms with Gasteiger partial charge < -0.3 is 5.11 Å². The molecule has 0 spiro atoms. The summed E-state index contributed by atoms with van der Waals surface area (Å²) in [5.41, 5.74) is 1.60. The molecule has 7 nitrogen and oxygen atoms in total. The standard InChI is InChI=1S/C21H15ClN4O3/c22-17-12-16(21(27)20-15(17)4-3-11-24-20)19(25-18-5-1-2-10-23-18)13-6-8-14(9-7-13)26(28)29/h1-12,19,27H,(H,23,25)/p+1/t19-/m1/s1. The Labute approximate surface area is 170 Å². The SMILES string of the molecule is O=[N+]([O-])c1ccc([C@@H](Nc2cccc[nH+]2)c2cc(Cl)c3cccnc3c2O)cc1. The second-order valence-corrected chi connectivity index (χ2v) is 6.81. The van der Waals surface area contributed by atoms with Crippen LogP contribution in [-0.4, -0.2) is 15.0 Å². The van der Waals surface area contributed by atoms with Crippen molar-refractivity contribution < 1.29 is 15.0 Å². The van der Waals surface area contributed by atoms with Crippen LogP contribution in [0.1, 0.15) is 17.2 Å². The molecule has 2 aromatic heterocycles. The van der Waals surface area contributed by atoms with Crippen molar-refractivity contribution >= 4 is 34.0 Å². The first-order chi connectivity index (χ1) is 14.0. The van der Waals surface area contributed by atoms with Crippen molar-refractivity contribution in [2.45, 2.75) is 6.04 Å². The number of aromatic hydroxyl groups is 1. The lowest BCUT2D eigenvalue weighted by atomic mass is 9.96. The molecule has 3 N–H and O–H groups in total. The summed E-state index contributed by atoms with van der Waals surface area (Å²) in [7, 11) is 0. The number of phenolic OH excluding ortho intramolecular Hbond substituents is 1. The summed E-state index contributed by atoms with van der Waals surface area (Å²) in [6.07, 6.45) is 3.35. The third-order valence-electron chi connectivity index (χ3n) is 4.60. The van der Waals surface area contributed by atoms with Crippen LogP contribution >= 0.6 is 11.6 Å². The topological polar surface area (TPSA) is 102 Å². The van der Waals surface area contributed by atoms with Gasteiger partial charge >= 0.3 is 0 Å². The molecule has 0 unspecified atom stereocenters. The fraction of sp³-hybridized carbons (Fsp3) is 0.0476. The Kier molecular flexibility index (Phi) is 4.97. The molecule has 29 heavy (non-hydrogen) atoms. The maximum absolute atomic E-state index is 11.0. The quantitative estimate of drug-likeness (QED) is 0.374. The average molecular weight is 408 g/mol. The number of non-ortho nitro benzene ring substituents is 1.